The lowest BCUT2D eigenvalue weighted by Gasteiger charge is -2.36. The highest BCUT2D eigenvalue weighted by Crippen LogP contribution is 2.38. The minimum Gasteiger partial charge on any atom is -0.489 e. The number of hydrogen-bond donors (Lipinski definition) is 3. The van der Waals surface area contributed by atoms with E-state index in [-0.39, 0.29) is 52.2 Å². The molecule has 45 heavy (non-hydrogen) atoms. The van der Waals surface area contributed by atoms with Crippen LogP contribution in [0.15, 0.2) is 41.1 Å². The van der Waals surface area contributed by atoms with Gasteiger partial charge < -0.3 is 26.0 Å². The summed E-state index contributed by atoms with van der Waals surface area (Å²) in [6.45, 7) is 9.23. The Morgan fingerprint density at radius 1 is 1.13 bits per heavy atom. The number of amides is 2. The Balaban J connectivity index is 1.38. The lowest BCUT2D eigenvalue weighted by atomic mass is 10.0. The van der Waals surface area contributed by atoms with Crippen LogP contribution in [-0.2, 0) is 21.2 Å². The summed E-state index contributed by atoms with van der Waals surface area (Å²) in [5, 5.41) is 5.93. The van der Waals surface area contributed by atoms with Gasteiger partial charge >= 0.3 is 0 Å². The number of piperidine rings is 1. The van der Waals surface area contributed by atoms with Gasteiger partial charge in [0.05, 0.1) is 40.4 Å². The molecular formula is C31H40ClN7O5S. The van der Waals surface area contributed by atoms with Gasteiger partial charge in [0.15, 0.2) is 15.7 Å². The normalized spacial score (nSPS) is 17.8. The Bertz CT molecular complexity index is 1650. The molecule has 0 saturated carbocycles. The van der Waals surface area contributed by atoms with Crippen molar-refractivity contribution in [3.8, 4) is 5.75 Å². The lowest BCUT2D eigenvalue weighted by Crippen LogP contribution is -2.47. The monoisotopic (exact) mass is 657 g/mol. The van der Waals surface area contributed by atoms with Gasteiger partial charge in [0.1, 0.15) is 10.8 Å². The van der Waals surface area contributed by atoms with Crippen molar-refractivity contribution in [3.05, 3.63) is 57.2 Å². The average molecular weight is 658 g/mol. The summed E-state index contributed by atoms with van der Waals surface area (Å²) in [5.74, 6) is 0.561. The quantitative estimate of drug-likeness (QED) is 0.317. The molecule has 12 nitrogen and oxygen atoms in total. The standard InChI is InChI=1S/C31H40ClN7O5S/c1-18(2)44-26-13-20-16-39(21-9-11-38(12-10-21)17-28(33)40)30(41)22(20)14-25(26)36-31-34-15-23(32)29(37-31)35-24-7-5-6-8-27(24)45(42,43)19(3)4/h7-8,13-15,18-19,21H,5-6,9-12,16-17H2,1-4H3,(H2,33,40)(H2,34,35,36,37). The fourth-order valence-corrected chi connectivity index (χ4v) is 7.20. The van der Waals surface area contributed by atoms with Gasteiger partial charge in [-0.3, -0.25) is 14.5 Å². The van der Waals surface area contributed by atoms with Crippen LogP contribution >= 0.6 is 11.6 Å². The second-order valence-electron chi connectivity index (χ2n) is 12.1. The van der Waals surface area contributed by atoms with Gasteiger partial charge in [0.2, 0.25) is 11.9 Å². The maximum Gasteiger partial charge on any atom is 0.254 e. The Morgan fingerprint density at radius 3 is 2.51 bits per heavy atom. The third-order valence-corrected chi connectivity index (χ3v) is 10.6. The number of anilines is 3. The number of hydrogen-bond acceptors (Lipinski definition) is 10. The number of halogens is 1. The summed E-state index contributed by atoms with van der Waals surface area (Å²) < 4.78 is 32.2. The molecule has 0 spiro atoms. The van der Waals surface area contributed by atoms with E-state index in [0.29, 0.717) is 55.2 Å². The van der Waals surface area contributed by atoms with Crippen LogP contribution in [0.1, 0.15) is 69.3 Å². The van der Waals surface area contributed by atoms with Gasteiger partial charge in [-0.25, -0.2) is 13.4 Å². The van der Waals surface area contributed by atoms with E-state index >= 15 is 0 Å². The molecule has 2 aromatic rings. The fraction of sp³-hybridized carbons (Fsp3) is 0.484. The Labute approximate surface area is 269 Å². The van der Waals surface area contributed by atoms with E-state index in [1.807, 2.05) is 35.8 Å². The zero-order chi connectivity index (χ0) is 32.5. The van der Waals surface area contributed by atoms with E-state index in [1.54, 1.807) is 26.0 Å². The number of sulfone groups is 1. The number of allylic oxidation sites excluding steroid dienone is 2. The molecule has 242 valence electrons. The van der Waals surface area contributed by atoms with Crippen LogP contribution in [0.5, 0.6) is 5.75 Å². The first-order chi connectivity index (χ1) is 21.3. The lowest BCUT2D eigenvalue weighted by molar-refractivity contribution is -0.119. The van der Waals surface area contributed by atoms with Crippen molar-refractivity contribution in [2.24, 2.45) is 5.73 Å². The number of carbonyl (C=O) groups excluding carboxylic acids is 2. The highest BCUT2D eigenvalue weighted by molar-refractivity contribution is 7.96. The number of ether oxygens (including phenoxy) is 1. The van der Waals surface area contributed by atoms with Crippen LogP contribution in [0.3, 0.4) is 0 Å². The van der Waals surface area contributed by atoms with Crippen LogP contribution in [0.2, 0.25) is 5.02 Å². The first kappa shape index (κ1) is 32.7. The van der Waals surface area contributed by atoms with Crippen molar-refractivity contribution in [1.29, 1.82) is 0 Å². The summed E-state index contributed by atoms with van der Waals surface area (Å²) in [6, 6.07) is 3.70. The third-order valence-electron chi connectivity index (χ3n) is 8.06. The average Bonchev–Trinajstić information content (AvgIpc) is 3.29. The van der Waals surface area contributed by atoms with Crippen molar-refractivity contribution < 1.29 is 22.7 Å². The Hall–Kier alpha value is -3.68. The summed E-state index contributed by atoms with van der Waals surface area (Å²) in [7, 11) is -3.53. The number of nitrogens with one attached hydrogen (secondary N) is 2. The molecule has 5 rings (SSSR count). The molecule has 1 saturated heterocycles. The van der Waals surface area contributed by atoms with E-state index in [0.717, 1.165) is 18.4 Å². The summed E-state index contributed by atoms with van der Waals surface area (Å²) in [5.41, 5.74) is 7.74. The minimum absolute atomic E-state index is 0.0562. The zero-order valence-electron chi connectivity index (χ0n) is 26.0. The van der Waals surface area contributed by atoms with Gasteiger partial charge in [0.25, 0.3) is 5.91 Å². The fourth-order valence-electron chi connectivity index (χ4n) is 5.77. The number of carbonyl (C=O) groups is 2. The number of benzene rings is 1. The zero-order valence-corrected chi connectivity index (χ0v) is 27.5. The number of rotatable bonds is 11. The molecule has 3 aliphatic rings. The third kappa shape index (κ3) is 7.26. The van der Waals surface area contributed by atoms with Crippen molar-refractivity contribution in [2.45, 2.75) is 77.3 Å². The number of likely N-dealkylation sites (tertiary alicyclic amines) is 1. The smallest absolute Gasteiger partial charge is 0.254 e. The summed E-state index contributed by atoms with van der Waals surface area (Å²) >= 11 is 6.45. The highest BCUT2D eigenvalue weighted by Gasteiger charge is 2.36. The number of primary amides is 1. The first-order valence-electron chi connectivity index (χ1n) is 15.2. The van der Waals surface area contributed by atoms with Crippen LogP contribution in [0, 0.1) is 0 Å². The number of nitrogens with two attached hydrogens (primary N) is 1. The van der Waals surface area contributed by atoms with Crippen molar-refractivity contribution >= 4 is 50.7 Å². The van der Waals surface area contributed by atoms with Gasteiger partial charge in [-0.2, -0.15) is 4.98 Å². The molecule has 1 fully saturated rings. The topological polar surface area (TPSA) is 160 Å². The molecule has 1 aromatic heterocycles. The van der Waals surface area contributed by atoms with Gasteiger partial charge in [-0.15, -0.1) is 0 Å². The van der Waals surface area contributed by atoms with E-state index in [2.05, 4.69) is 20.6 Å². The first-order valence-corrected chi connectivity index (χ1v) is 17.1. The van der Waals surface area contributed by atoms with Crippen LogP contribution in [-0.4, -0.2) is 77.0 Å². The predicted octanol–water partition coefficient (Wildman–Crippen LogP) is 4.36. The maximum absolute atomic E-state index is 13.6. The molecule has 3 heterocycles. The molecule has 1 aromatic carbocycles. The second kappa shape index (κ2) is 13.4. The van der Waals surface area contributed by atoms with E-state index in [1.165, 1.54) is 6.20 Å². The number of fused-ring (bicyclic) bond motifs is 1. The van der Waals surface area contributed by atoms with E-state index in [9.17, 15) is 18.0 Å². The van der Waals surface area contributed by atoms with Crippen molar-refractivity contribution in [2.75, 3.05) is 30.3 Å². The van der Waals surface area contributed by atoms with Gasteiger partial charge in [-0.05, 0) is 71.1 Å². The van der Waals surface area contributed by atoms with Gasteiger partial charge in [0, 0.05) is 31.2 Å². The molecule has 4 N–H and O–H groups in total. The van der Waals surface area contributed by atoms with Crippen molar-refractivity contribution in [1.82, 2.24) is 19.8 Å². The van der Waals surface area contributed by atoms with E-state index < -0.39 is 15.1 Å². The van der Waals surface area contributed by atoms with Crippen LogP contribution in [0.4, 0.5) is 17.5 Å². The van der Waals surface area contributed by atoms with Gasteiger partial charge in [-0.1, -0.05) is 23.8 Å². The second-order valence-corrected chi connectivity index (χ2v) is 15.0. The summed E-state index contributed by atoms with van der Waals surface area (Å²) in [6.07, 6.45) is 7.65. The Morgan fingerprint density at radius 2 is 1.84 bits per heavy atom. The molecule has 1 aliphatic carbocycles. The molecule has 2 amide bonds. The highest BCUT2D eigenvalue weighted by atomic mass is 35.5. The molecule has 0 atom stereocenters. The molecule has 0 radical (unpaired) electrons. The number of aromatic nitrogens is 2. The molecule has 0 unspecified atom stereocenters. The van der Waals surface area contributed by atoms with Crippen molar-refractivity contribution in [3.63, 3.8) is 0 Å². The van der Waals surface area contributed by atoms with Crippen LogP contribution in [0.25, 0.3) is 0 Å². The van der Waals surface area contributed by atoms with Crippen LogP contribution < -0.4 is 21.1 Å². The predicted molar refractivity (Wildman–Crippen MR) is 174 cm³/mol. The van der Waals surface area contributed by atoms with E-state index in [4.69, 9.17) is 22.1 Å². The largest absolute Gasteiger partial charge is 0.489 e. The summed E-state index contributed by atoms with van der Waals surface area (Å²) in [4.78, 5) is 38.0. The maximum atomic E-state index is 13.6. The molecule has 2 aliphatic heterocycles. The minimum atomic E-state index is -3.53. The Kier molecular flexibility index (Phi) is 9.71. The SMILES string of the molecule is CC(C)Oc1cc2c(cc1Nc1ncc(Cl)c(NC3=CCCC=C3S(=O)(=O)C(C)C)n1)C(=O)N(C1CCN(CC(N)=O)CC1)C2. The molecule has 14 heteroatoms. The molecular weight excluding hydrogens is 618 g/mol. The molecule has 0 bridgehead atoms. The number of nitrogens with zero attached hydrogens (tertiary/aromatic N) is 4.